The predicted molar refractivity (Wildman–Crippen MR) is 118 cm³/mol. The van der Waals surface area contributed by atoms with Crippen LogP contribution in [-0.4, -0.2) is 55.4 Å². The number of aromatic nitrogens is 2. The van der Waals surface area contributed by atoms with Crippen molar-refractivity contribution in [2.45, 2.75) is 18.4 Å². The van der Waals surface area contributed by atoms with E-state index in [1.54, 1.807) is 30.5 Å². The zero-order valence-electron chi connectivity index (χ0n) is 17.8. The summed E-state index contributed by atoms with van der Waals surface area (Å²) < 4.78 is 32.9. The smallest absolute Gasteiger partial charge is 0.251 e. The lowest BCUT2D eigenvalue weighted by Crippen LogP contribution is -2.28. The maximum Gasteiger partial charge on any atom is 0.251 e. The van der Waals surface area contributed by atoms with Crippen molar-refractivity contribution in [2.75, 3.05) is 27.2 Å². The van der Waals surface area contributed by atoms with Crippen molar-refractivity contribution < 1.29 is 17.9 Å². The minimum absolute atomic E-state index is 0.179. The van der Waals surface area contributed by atoms with Crippen molar-refractivity contribution >= 4 is 15.9 Å². The maximum absolute atomic E-state index is 12.3. The summed E-state index contributed by atoms with van der Waals surface area (Å²) in [6.07, 6.45) is 3.68. The Morgan fingerprint density at radius 2 is 1.77 bits per heavy atom. The van der Waals surface area contributed by atoms with Crippen LogP contribution in [0.4, 0.5) is 0 Å². The summed E-state index contributed by atoms with van der Waals surface area (Å²) in [5, 5.41) is 2.81. The van der Waals surface area contributed by atoms with Gasteiger partial charge in [-0.1, -0.05) is 12.1 Å². The number of hydrogen-bond acceptors (Lipinski definition) is 5. The van der Waals surface area contributed by atoms with Gasteiger partial charge in [0.05, 0.1) is 11.4 Å². The molecule has 2 aromatic carbocycles. The second-order valence-corrected chi connectivity index (χ2v) is 9.31. The summed E-state index contributed by atoms with van der Waals surface area (Å²) in [7, 11) is -0.499. The molecule has 0 unspecified atom stereocenters. The van der Waals surface area contributed by atoms with Gasteiger partial charge in [-0.2, -0.15) is 0 Å². The Morgan fingerprint density at radius 3 is 2.35 bits per heavy atom. The van der Waals surface area contributed by atoms with E-state index < -0.39 is 10.0 Å². The SMILES string of the molecule is Cc1nccn1Cc1ccc(C(=O)NCCOc2ccc(S(=O)(=O)N(C)C)cc2)cc1. The molecule has 1 heterocycles. The van der Waals surface area contributed by atoms with Crippen molar-refractivity contribution in [1.29, 1.82) is 0 Å². The van der Waals surface area contributed by atoms with E-state index in [9.17, 15) is 13.2 Å². The van der Waals surface area contributed by atoms with Gasteiger partial charge < -0.3 is 14.6 Å². The molecule has 31 heavy (non-hydrogen) atoms. The normalized spacial score (nSPS) is 11.5. The number of carbonyl (C=O) groups excluding carboxylic acids is 1. The van der Waals surface area contributed by atoms with Gasteiger partial charge in [-0.3, -0.25) is 4.79 Å². The van der Waals surface area contributed by atoms with Crippen LogP contribution in [0.3, 0.4) is 0 Å². The largest absolute Gasteiger partial charge is 0.492 e. The highest BCUT2D eigenvalue weighted by Gasteiger charge is 2.16. The second kappa shape index (κ2) is 9.76. The Hall–Kier alpha value is -3.17. The molecule has 0 aliphatic heterocycles. The number of nitrogens with zero attached hydrogens (tertiary/aromatic N) is 3. The Bertz CT molecular complexity index is 1120. The standard InChI is InChI=1S/C22H26N4O4S/c1-17-23-12-14-26(17)16-18-4-6-19(7-5-18)22(27)24-13-15-30-20-8-10-21(11-9-20)31(28,29)25(2)3/h4-12,14H,13,15-16H2,1-3H3,(H,24,27). The molecule has 0 spiro atoms. The van der Waals surface area contributed by atoms with Crippen LogP contribution in [0, 0.1) is 6.92 Å². The minimum Gasteiger partial charge on any atom is -0.492 e. The summed E-state index contributed by atoms with van der Waals surface area (Å²) in [5.74, 6) is 1.29. The number of imidazole rings is 1. The van der Waals surface area contributed by atoms with Crippen molar-refractivity contribution in [3.8, 4) is 5.75 Å². The molecule has 1 amide bonds. The van der Waals surface area contributed by atoms with E-state index in [-0.39, 0.29) is 17.4 Å². The van der Waals surface area contributed by atoms with Crippen LogP contribution in [0.15, 0.2) is 65.8 Å². The zero-order chi connectivity index (χ0) is 22.4. The van der Waals surface area contributed by atoms with E-state index in [2.05, 4.69) is 10.3 Å². The molecule has 0 bridgehead atoms. The molecule has 9 heteroatoms. The van der Waals surface area contributed by atoms with Crippen LogP contribution in [0.25, 0.3) is 0 Å². The summed E-state index contributed by atoms with van der Waals surface area (Å²) in [5.41, 5.74) is 1.66. The first-order valence-corrected chi connectivity index (χ1v) is 11.2. The van der Waals surface area contributed by atoms with E-state index in [0.29, 0.717) is 24.4 Å². The number of carbonyl (C=O) groups is 1. The molecule has 1 aromatic heterocycles. The quantitative estimate of drug-likeness (QED) is 0.513. The molecule has 1 N–H and O–H groups in total. The van der Waals surface area contributed by atoms with Gasteiger partial charge >= 0.3 is 0 Å². The molecule has 0 saturated heterocycles. The van der Waals surface area contributed by atoms with Crippen molar-refractivity contribution in [3.05, 3.63) is 77.9 Å². The lowest BCUT2D eigenvalue weighted by molar-refractivity contribution is 0.0947. The third-order valence-corrected chi connectivity index (χ3v) is 6.58. The summed E-state index contributed by atoms with van der Waals surface area (Å²) in [6, 6.07) is 13.6. The number of rotatable bonds is 9. The van der Waals surface area contributed by atoms with Crippen molar-refractivity contribution in [2.24, 2.45) is 0 Å². The maximum atomic E-state index is 12.3. The fraction of sp³-hybridized carbons (Fsp3) is 0.273. The Balaban J connectivity index is 1.45. The lowest BCUT2D eigenvalue weighted by atomic mass is 10.1. The van der Waals surface area contributed by atoms with Gasteiger partial charge in [0.15, 0.2) is 0 Å². The van der Waals surface area contributed by atoms with Crippen LogP contribution >= 0.6 is 0 Å². The molecule has 0 fully saturated rings. The van der Waals surface area contributed by atoms with Gasteiger partial charge in [0.2, 0.25) is 10.0 Å². The van der Waals surface area contributed by atoms with E-state index in [1.165, 1.54) is 26.2 Å². The molecular weight excluding hydrogens is 416 g/mol. The second-order valence-electron chi connectivity index (χ2n) is 7.16. The average Bonchev–Trinajstić information content (AvgIpc) is 3.16. The molecule has 3 rings (SSSR count). The van der Waals surface area contributed by atoms with Gasteiger partial charge in [0, 0.05) is 38.6 Å². The van der Waals surface area contributed by atoms with E-state index in [1.807, 2.05) is 29.8 Å². The Kier molecular flexibility index (Phi) is 7.09. The van der Waals surface area contributed by atoms with E-state index in [4.69, 9.17) is 4.74 Å². The fourth-order valence-corrected chi connectivity index (χ4v) is 3.78. The number of amides is 1. The summed E-state index contributed by atoms with van der Waals surface area (Å²) in [6.45, 7) is 3.25. The topological polar surface area (TPSA) is 93.5 Å². The summed E-state index contributed by atoms with van der Waals surface area (Å²) >= 11 is 0. The number of benzene rings is 2. The first kappa shape index (κ1) is 22.5. The minimum atomic E-state index is -3.46. The van der Waals surface area contributed by atoms with Gasteiger partial charge in [-0.05, 0) is 48.9 Å². The first-order valence-electron chi connectivity index (χ1n) is 9.77. The van der Waals surface area contributed by atoms with Gasteiger partial charge in [-0.15, -0.1) is 0 Å². The summed E-state index contributed by atoms with van der Waals surface area (Å²) in [4.78, 5) is 16.7. The lowest BCUT2D eigenvalue weighted by Gasteiger charge is -2.12. The van der Waals surface area contributed by atoms with Gasteiger partial charge in [0.1, 0.15) is 18.2 Å². The molecule has 3 aromatic rings. The number of sulfonamides is 1. The Labute approximate surface area is 182 Å². The number of nitrogens with one attached hydrogen (secondary N) is 1. The third-order valence-electron chi connectivity index (χ3n) is 4.75. The highest BCUT2D eigenvalue weighted by atomic mass is 32.2. The monoisotopic (exact) mass is 442 g/mol. The Morgan fingerprint density at radius 1 is 1.10 bits per heavy atom. The van der Waals surface area contributed by atoms with Crippen LogP contribution in [0.1, 0.15) is 21.7 Å². The highest BCUT2D eigenvalue weighted by molar-refractivity contribution is 7.89. The fourth-order valence-electron chi connectivity index (χ4n) is 2.88. The van der Waals surface area contributed by atoms with E-state index >= 15 is 0 Å². The first-order chi connectivity index (χ1) is 14.8. The van der Waals surface area contributed by atoms with Crippen molar-refractivity contribution in [3.63, 3.8) is 0 Å². The third kappa shape index (κ3) is 5.71. The number of ether oxygens (including phenoxy) is 1. The molecule has 164 valence electrons. The molecule has 0 atom stereocenters. The molecule has 0 aliphatic carbocycles. The van der Waals surface area contributed by atoms with Gasteiger partial charge in [-0.25, -0.2) is 17.7 Å². The molecular formula is C22H26N4O4S. The van der Waals surface area contributed by atoms with Crippen LogP contribution in [0.5, 0.6) is 5.75 Å². The van der Waals surface area contributed by atoms with Crippen molar-refractivity contribution in [1.82, 2.24) is 19.2 Å². The van der Waals surface area contributed by atoms with Crippen LogP contribution in [0.2, 0.25) is 0 Å². The average molecular weight is 443 g/mol. The zero-order valence-corrected chi connectivity index (χ0v) is 18.6. The molecule has 0 radical (unpaired) electrons. The molecule has 0 saturated carbocycles. The van der Waals surface area contributed by atoms with E-state index in [0.717, 1.165) is 15.7 Å². The molecule has 8 nitrogen and oxygen atoms in total. The van der Waals surface area contributed by atoms with Crippen LogP contribution < -0.4 is 10.1 Å². The number of aryl methyl sites for hydroxylation is 1. The van der Waals surface area contributed by atoms with Gasteiger partial charge in [0.25, 0.3) is 5.91 Å². The molecule has 0 aliphatic rings. The highest BCUT2D eigenvalue weighted by Crippen LogP contribution is 2.18. The van der Waals surface area contributed by atoms with Crippen LogP contribution in [-0.2, 0) is 16.6 Å². The number of hydrogen-bond donors (Lipinski definition) is 1. The predicted octanol–water partition coefficient (Wildman–Crippen LogP) is 2.30.